The number of hydrogen-bond donors (Lipinski definition) is 0. The van der Waals surface area contributed by atoms with Crippen LogP contribution in [0.15, 0.2) is 18.2 Å². The molecule has 0 saturated heterocycles. The molecule has 20 heavy (non-hydrogen) atoms. The summed E-state index contributed by atoms with van der Waals surface area (Å²) in [5.74, 6) is 2.50. The van der Waals surface area contributed by atoms with Gasteiger partial charge in [-0.25, -0.2) is 0 Å². The monoisotopic (exact) mass is 276 g/mol. The molecule has 1 aliphatic rings. The van der Waals surface area contributed by atoms with Crippen LogP contribution in [0.2, 0.25) is 0 Å². The molecule has 3 heteroatoms. The topological polar surface area (TPSA) is 35.5 Å². The zero-order valence-electron chi connectivity index (χ0n) is 12.5. The molecule has 0 aliphatic heterocycles. The van der Waals surface area contributed by atoms with Crippen molar-refractivity contribution in [3.8, 4) is 11.5 Å². The average molecular weight is 276 g/mol. The normalized spacial score (nSPS) is 15.3. The largest absolute Gasteiger partial charge is 0.493 e. The van der Waals surface area contributed by atoms with Gasteiger partial charge in [0, 0.05) is 12.8 Å². The molecule has 0 amide bonds. The summed E-state index contributed by atoms with van der Waals surface area (Å²) in [6, 6.07) is 5.69. The van der Waals surface area contributed by atoms with Crippen molar-refractivity contribution in [2.45, 2.75) is 44.9 Å². The average Bonchev–Trinajstić information content (AvgIpc) is 2.98. The summed E-state index contributed by atoms with van der Waals surface area (Å²) in [6.45, 7) is 0. The predicted molar refractivity (Wildman–Crippen MR) is 79.4 cm³/mol. The number of Topliss-reactive ketones (excluding diaryl/α,β-unsaturated/α-hetero) is 1. The van der Waals surface area contributed by atoms with Crippen LogP contribution in [0, 0.1) is 5.92 Å². The minimum absolute atomic E-state index is 0.323. The van der Waals surface area contributed by atoms with Crippen LogP contribution in [0.5, 0.6) is 11.5 Å². The minimum Gasteiger partial charge on any atom is -0.493 e. The molecule has 110 valence electrons. The number of ketones is 1. The number of hydrogen-bond acceptors (Lipinski definition) is 3. The highest BCUT2D eigenvalue weighted by Gasteiger charge is 2.16. The molecule has 1 fully saturated rings. The first-order valence-corrected chi connectivity index (χ1v) is 7.45. The molecule has 0 aromatic heterocycles. The van der Waals surface area contributed by atoms with Crippen LogP contribution >= 0.6 is 0 Å². The van der Waals surface area contributed by atoms with Crippen molar-refractivity contribution in [1.29, 1.82) is 0 Å². The highest BCUT2D eigenvalue weighted by atomic mass is 16.5. The molecular formula is C17H24O3. The van der Waals surface area contributed by atoms with E-state index in [1.807, 2.05) is 18.2 Å². The lowest BCUT2D eigenvalue weighted by Gasteiger charge is -2.10. The number of benzene rings is 1. The molecule has 1 aromatic rings. The van der Waals surface area contributed by atoms with Gasteiger partial charge in [0.15, 0.2) is 11.5 Å². The summed E-state index contributed by atoms with van der Waals surface area (Å²) in [5.41, 5.74) is 0.999. The van der Waals surface area contributed by atoms with E-state index >= 15 is 0 Å². The second-order valence-electron chi connectivity index (χ2n) is 5.59. The van der Waals surface area contributed by atoms with Crippen LogP contribution in [0.1, 0.15) is 44.1 Å². The van der Waals surface area contributed by atoms with Gasteiger partial charge in [0.25, 0.3) is 0 Å². The Bertz CT molecular complexity index is 448. The van der Waals surface area contributed by atoms with Crippen LogP contribution in [0.25, 0.3) is 0 Å². The first-order chi connectivity index (χ1) is 9.72. The van der Waals surface area contributed by atoms with Crippen molar-refractivity contribution < 1.29 is 14.3 Å². The first kappa shape index (κ1) is 14.9. The van der Waals surface area contributed by atoms with E-state index in [9.17, 15) is 4.79 Å². The third kappa shape index (κ3) is 3.99. The third-order valence-electron chi connectivity index (χ3n) is 4.16. The molecule has 0 N–H and O–H groups in total. The van der Waals surface area contributed by atoms with Crippen molar-refractivity contribution in [2.24, 2.45) is 5.92 Å². The quantitative estimate of drug-likeness (QED) is 0.760. The minimum atomic E-state index is 0.323. The molecule has 0 atom stereocenters. The Hall–Kier alpha value is -1.51. The van der Waals surface area contributed by atoms with Gasteiger partial charge >= 0.3 is 0 Å². The van der Waals surface area contributed by atoms with Crippen molar-refractivity contribution in [3.63, 3.8) is 0 Å². The summed E-state index contributed by atoms with van der Waals surface area (Å²) >= 11 is 0. The molecule has 0 bridgehead atoms. The van der Waals surface area contributed by atoms with E-state index < -0.39 is 0 Å². The smallest absolute Gasteiger partial charge is 0.161 e. The number of methoxy groups -OCH3 is 2. The van der Waals surface area contributed by atoms with Gasteiger partial charge in [0.05, 0.1) is 14.2 Å². The van der Waals surface area contributed by atoms with Gasteiger partial charge in [-0.05, 0) is 30.0 Å². The maximum absolute atomic E-state index is 12.1. The van der Waals surface area contributed by atoms with Crippen molar-refractivity contribution >= 4 is 5.78 Å². The molecule has 1 aromatic carbocycles. The van der Waals surface area contributed by atoms with Crippen molar-refractivity contribution in [1.82, 2.24) is 0 Å². The Morgan fingerprint density at radius 1 is 1.15 bits per heavy atom. The summed E-state index contributed by atoms with van der Waals surface area (Å²) in [4.78, 5) is 12.1. The fourth-order valence-corrected chi connectivity index (χ4v) is 2.97. The lowest BCUT2D eigenvalue weighted by atomic mass is 9.97. The summed E-state index contributed by atoms with van der Waals surface area (Å²) in [7, 11) is 3.23. The van der Waals surface area contributed by atoms with Crippen LogP contribution in [-0.2, 0) is 11.2 Å². The van der Waals surface area contributed by atoms with Crippen molar-refractivity contribution in [3.05, 3.63) is 23.8 Å². The lowest BCUT2D eigenvalue weighted by molar-refractivity contribution is -0.118. The van der Waals surface area contributed by atoms with Gasteiger partial charge in [-0.3, -0.25) is 4.79 Å². The fourth-order valence-electron chi connectivity index (χ4n) is 2.97. The van der Waals surface area contributed by atoms with E-state index in [0.717, 1.165) is 17.9 Å². The molecule has 0 heterocycles. The Labute approximate surface area is 121 Å². The van der Waals surface area contributed by atoms with Gasteiger partial charge in [0.2, 0.25) is 0 Å². The SMILES string of the molecule is COc1ccc(CC(=O)CCC2CCCC2)cc1OC. The number of ether oxygens (including phenoxy) is 2. The highest BCUT2D eigenvalue weighted by Crippen LogP contribution is 2.30. The maximum Gasteiger partial charge on any atom is 0.161 e. The molecule has 2 rings (SSSR count). The zero-order valence-corrected chi connectivity index (χ0v) is 12.5. The standard InChI is InChI=1S/C17H24O3/c1-19-16-10-8-14(12-17(16)20-2)11-15(18)9-7-13-5-3-4-6-13/h8,10,12-13H,3-7,9,11H2,1-2H3. The van der Waals surface area contributed by atoms with Gasteiger partial charge < -0.3 is 9.47 Å². The van der Waals surface area contributed by atoms with Gasteiger partial charge in [-0.1, -0.05) is 31.7 Å². The van der Waals surface area contributed by atoms with E-state index in [1.54, 1.807) is 14.2 Å². The van der Waals surface area contributed by atoms with Crippen LogP contribution in [-0.4, -0.2) is 20.0 Å². The van der Waals surface area contributed by atoms with Gasteiger partial charge in [0.1, 0.15) is 5.78 Å². The highest BCUT2D eigenvalue weighted by molar-refractivity contribution is 5.81. The molecule has 3 nitrogen and oxygen atoms in total. The number of carbonyl (C=O) groups excluding carboxylic acids is 1. The lowest BCUT2D eigenvalue weighted by Crippen LogP contribution is -2.06. The fraction of sp³-hybridized carbons (Fsp3) is 0.588. The molecule has 1 aliphatic carbocycles. The Balaban J connectivity index is 1.86. The maximum atomic E-state index is 12.1. The van der Waals surface area contributed by atoms with E-state index in [4.69, 9.17) is 9.47 Å². The Morgan fingerprint density at radius 2 is 1.85 bits per heavy atom. The Morgan fingerprint density at radius 3 is 2.50 bits per heavy atom. The van der Waals surface area contributed by atoms with Gasteiger partial charge in [-0.15, -0.1) is 0 Å². The molecule has 0 radical (unpaired) electrons. The Kier molecular flexibility index (Phi) is 5.45. The molecule has 0 unspecified atom stereocenters. The molecular weight excluding hydrogens is 252 g/mol. The molecule has 1 saturated carbocycles. The number of rotatable bonds is 7. The predicted octanol–water partition coefficient (Wildman–Crippen LogP) is 3.79. The second kappa shape index (κ2) is 7.32. The van der Waals surface area contributed by atoms with Gasteiger partial charge in [-0.2, -0.15) is 0 Å². The third-order valence-corrected chi connectivity index (χ3v) is 4.16. The summed E-state index contributed by atoms with van der Waals surface area (Å²) < 4.78 is 10.5. The summed E-state index contributed by atoms with van der Waals surface area (Å²) in [6.07, 6.45) is 7.56. The van der Waals surface area contributed by atoms with Crippen LogP contribution in [0.4, 0.5) is 0 Å². The first-order valence-electron chi connectivity index (χ1n) is 7.45. The van der Waals surface area contributed by atoms with E-state index in [0.29, 0.717) is 30.1 Å². The number of carbonyl (C=O) groups is 1. The zero-order chi connectivity index (χ0) is 14.4. The molecule has 0 spiro atoms. The van der Waals surface area contributed by atoms with Crippen LogP contribution in [0.3, 0.4) is 0 Å². The van der Waals surface area contributed by atoms with E-state index in [1.165, 1.54) is 25.7 Å². The van der Waals surface area contributed by atoms with Crippen molar-refractivity contribution in [2.75, 3.05) is 14.2 Å². The second-order valence-corrected chi connectivity index (χ2v) is 5.59. The van der Waals surface area contributed by atoms with E-state index in [-0.39, 0.29) is 0 Å². The van der Waals surface area contributed by atoms with Crippen LogP contribution < -0.4 is 9.47 Å². The van der Waals surface area contributed by atoms with E-state index in [2.05, 4.69) is 0 Å². The summed E-state index contributed by atoms with van der Waals surface area (Å²) in [5, 5.41) is 0.